The third kappa shape index (κ3) is 18.6. The summed E-state index contributed by atoms with van der Waals surface area (Å²) in [6, 6.07) is 24.6. The molecule has 266 valence electrons. The first-order valence-electron chi connectivity index (χ1n) is 15.0. The highest BCUT2D eigenvalue weighted by atomic mass is 35.5. The number of unbranched alkanes of at least 4 members (excludes halogenated alkanes) is 3. The van der Waals surface area contributed by atoms with E-state index in [0.29, 0.717) is 33.2 Å². The summed E-state index contributed by atoms with van der Waals surface area (Å²) in [4.78, 5) is 16.5. The van der Waals surface area contributed by atoms with Crippen molar-refractivity contribution in [2.24, 2.45) is 42.9 Å². The first kappa shape index (κ1) is 41.3. The van der Waals surface area contributed by atoms with Crippen molar-refractivity contribution < 1.29 is 19.9 Å². The molecular formula is C32H42Cl2N12O2S2+2. The average Bonchev–Trinajstić information content (AvgIpc) is 3.07. The molecule has 0 fully saturated rings. The summed E-state index contributed by atoms with van der Waals surface area (Å²) in [6.07, 6.45) is 6.71. The fourth-order valence-electron chi connectivity index (χ4n) is 3.55. The maximum absolute atomic E-state index is 8.76. The average molecular weight is 762 g/mol. The Morgan fingerprint density at radius 3 is 1.24 bits per heavy atom. The zero-order valence-corrected chi connectivity index (χ0v) is 30.3. The summed E-state index contributed by atoms with van der Waals surface area (Å²) in [5.74, 6) is 0.564. The first-order chi connectivity index (χ1) is 23.9. The van der Waals surface area contributed by atoms with Crippen LogP contribution in [-0.4, -0.2) is 47.3 Å². The van der Waals surface area contributed by atoms with Crippen LogP contribution in [0.3, 0.4) is 0 Å². The zero-order chi connectivity index (χ0) is 36.7. The van der Waals surface area contributed by atoms with Crippen molar-refractivity contribution in [3.8, 4) is 0 Å². The number of nitrogens with two attached hydrogens (primary N) is 4. The number of rotatable bonds is 9. The van der Waals surface area contributed by atoms with E-state index in [1.807, 2.05) is 0 Å². The molecule has 4 rings (SSSR count). The second kappa shape index (κ2) is 23.5. The van der Waals surface area contributed by atoms with Gasteiger partial charge in [-0.15, -0.1) is 0 Å². The molecule has 2 heterocycles. The lowest BCUT2D eigenvalue weighted by atomic mass is 10.2. The Hall–Kier alpha value is -4.90. The molecule has 0 saturated carbocycles. The van der Waals surface area contributed by atoms with Gasteiger partial charge in [-0.1, -0.05) is 61.3 Å². The van der Waals surface area contributed by atoms with Gasteiger partial charge in [0.2, 0.25) is 36.2 Å². The summed E-state index contributed by atoms with van der Waals surface area (Å²) in [5.41, 5.74) is 24.8. The molecule has 14 nitrogen and oxygen atoms in total. The third-order valence-corrected chi connectivity index (χ3v) is 7.17. The number of nitrogens with one attached hydrogen (secondary N) is 2. The molecule has 0 bridgehead atoms. The lowest BCUT2D eigenvalue weighted by molar-refractivity contribution is -0.932. The van der Waals surface area contributed by atoms with Gasteiger partial charge in [0.05, 0.1) is 0 Å². The minimum Gasteiger partial charge on any atom is -0.369 e. The molecule has 50 heavy (non-hydrogen) atoms. The second-order valence-corrected chi connectivity index (χ2v) is 11.7. The number of thiol groups is 2. The van der Waals surface area contributed by atoms with E-state index in [0.717, 1.165) is 46.5 Å². The summed E-state index contributed by atoms with van der Waals surface area (Å²) in [7, 11) is 0. The Labute approximate surface area is 312 Å². The van der Waals surface area contributed by atoms with Crippen molar-refractivity contribution in [2.75, 3.05) is 23.7 Å². The van der Waals surface area contributed by atoms with Crippen LogP contribution in [0.2, 0.25) is 10.0 Å². The Bertz CT molecular complexity index is 1560. The molecule has 12 N–H and O–H groups in total. The highest BCUT2D eigenvalue weighted by molar-refractivity contribution is 7.80. The van der Waals surface area contributed by atoms with Crippen LogP contribution in [0.1, 0.15) is 25.7 Å². The molecule has 18 heteroatoms. The van der Waals surface area contributed by atoms with Gasteiger partial charge < -0.3 is 33.6 Å². The molecular weight excluding hydrogens is 719 g/mol. The predicted molar refractivity (Wildman–Crippen MR) is 207 cm³/mol. The maximum atomic E-state index is 8.76. The van der Waals surface area contributed by atoms with E-state index in [4.69, 9.17) is 56.6 Å². The van der Waals surface area contributed by atoms with Crippen LogP contribution in [-0.2, 0) is 0 Å². The minimum atomic E-state index is 0.124. The largest absolute Gasteiger partial charge is 0.369 e. The van der Waals surface area contributed by atoms with Crippen LogP contribution >= 0.6 is 48.5 Å². The van der Waals surface area contributed by atoms with Gasteiger partial charge in [0, 0.05) is 68.2 Å². The monoisotopic (exact) mass is 760 g/mol. The molecule has 0 spiro atoms. The highest BCUT2D eigenvalue weighted by Crippen LogP contribution is 2.14. The van der Waals surface area contributed by atoms with E-state index in [-0.39, 0.29) is 23.8 Å². The van der Waals surface area contributed by atoms with Gasteiger partial charge in [0.25, 0.3) is 10.1 Å². The molecule has 0 atom stereocenters. The van der Waals surface area contributed by atoms with E-state index in [1.165, 1.54) is 12.4 Å². The van der Waals surface area contributed by atoms with Crippen molar-refractivity contribution >= 4 is 83.7 Å². The Morgan fingerprint density at radius 1 is 0.580 bits per heavy atom. The van der Waals surface area contributed by atoms with Crippen LogP contribution < -0.4 is 43.0 Å². The lowest BCUT2D eigenvalue weighted by Gasteiger charge is -2.05. The van der Waals surface area contributed by atoms with E-state index in [1.54, 1.807) is 84.9 Å². The second-order valence-electron chi connectivity index (χ2n) is 9.96. The third-order valence-electron chi connectivity index (χ3n) is 5.95. The summed E-state index contributed by atoms with van der Waals surface area (Å²) in [5, 5.41) is 25.7. The SMILES string of the molecule is NC(=NCCCCCCN=C(N)/N=C(\N)Nc1ccc(Cl)cc1)/N=C(\N)Nc1ccc(Cl)cc1.O[n+]1ccccc1S.O[n+]1ccccc1S. The number of guanidine groups is 4. The van der Waals surface area contributed by atoms with Gasteiger partial charge in [0.15, 0.2) is 0 Å². The Kier molecular flexibility index (Phi) is 19.4. The van der Waals surface area contributed by atoms with Crippen molar-refractivity contribution in [1.29, 1.82) is 0 Å². The number of nitrogens with zero attached hydrogens (tertiary/aromatic N) is 6. The molecule has 0 amide bonds. The van der Waals surface area contributed by atoms with Gasteiger partial charge >= 0.3 is 0 Å². The molecule has 0 saturated heterocycles. The highest BCUT2D eigenvalue weighted by Gasteiger charge is 2.00. The molecule has 4 aromatic rings. The lowest BCUT2D eigenvalue weighted by Crippen LogP contribution is -2.30. The first-order valence-corrected chi connectivity index (χ1v) is 16.7. The number of aromatic nitrogens is 2. The summed E-state index contributed by atoms with van der Waals surface area (Å²) < 4.78 is 1.90. The molecule has 2 aromatic heterocycles. The van der Waals surface area contributed by atoms with E-state index < -0.39 is 0 Å². The summed E-state index contributed by atoms with van der Waals surface area (Å²) in [6.45, 7) is 1.12. The molecule has 0 aliphatic heterocycles. The van der Waals surface area contributed by atoms with Crippen LogP contribution in [0, 0.1) is 0 Å². The fraction of sp³-hybridized carbons (Fsp3) is 0.188. The number of hydrogen-bond donors (Lipinski definition) is 10. The standard InChI is InChI=1S/C22H30Cl2N10.2C5H5NOS/c23-15-5-9-17(10-6-15)31-21(27)33-19(25)29-13-3-1-2-4-14-30-20(26)34-22(28)32-18-11-7-16(24)8-12-18;2*7-6-4-2-1-3-5(6)8/h5-12H,1-4,13-14H2,(H5,25,27,29,31,33)(H5,26,28,30,32,34);2*1-4,7H/p+2. The molecule has 0 aliphatic rings. The zero-order valence-electron chi connectivity index (χ0n) is 27.0. The Balaban J connectivity index is 0.000000437. The van der Waals surface area contributed by atoms with Crippen LogP contribution in [0.25, 0.3) is 0 Å². The van der Waals surface area contributed by atoms with Crippen molar-refractivity contribution in [2.45, 2.75) is 35.7 Å². The molecule has 0 aliphatic carbocycles. The summed E-state index contributed by atoms with van der Waals surface area (Å²) >= 11 is 19.5. The Morgan fingerprint density at radius 2 is 0.940 bits per heavy atom. The maximum Gasteiger partial charge on any atom is 0.287 e. The minimum absolute atomic E-state index is 0.124. The number of pyridine rings is 2. The van der Waals surface area contributed by atoms with Crippen molar-refractivity contribution in [3.05, 3.63) is 107 Å². The number of hydrogen-bond acceptors (Lipinski definition) is 6. The van der Waals surface area contributed by atoms with Crippen molar-refractivity contribution in [3.63, 3.8) is 0 Å². The van der Waals surface area contributed by atoms with Gasteiger partial charge in [-0.05, 0) is 73.5 Å². The van der Waals surface area contributed by atoms with Gasteiger partial charge in [-0.2, -0.15) is 9.98 Å². The van der Waals surface area contributed by atoms with Crippen molar-refractivity contribution in [1.82, 2.24) is 0 Å². The van der Waals surface area contributed by atoms with Crippen LogP contribution in [0.5, 0.6) is 0 Å². The van der Waals surface area contributed by atoms with Crippen LogP contribution in [0.15, 0.2) is 127 Å². The van der Waals surface area contributed by atoms with E-state index >= 15 is 0 Å². The normalized spacial score (nSPS) is 11.8. The fourth-order valence-corrected chi connectivity index (χ4v) is 4.11. The van der Waals surface area contributed by atoms with Gasteiger partial charge in [-0.25, -0.2) is 0 Å². The molecule has 2 aromatic carbocycles. The van der Waals surface area contributed by atoms with Gasteiger partial charge in [-0.3, -0.25) is 20.4 Å². The molecule has 0 unspecified atom stereocenters. The van der Waals surface area contributed by atoms with Crippen LogP contribution in [0.4, 0.5) is 11.4 Å². The number of aliphatic imine (C=N–C) groups is 4. The predicted octanol–water partition coefficient (Wildman–Crippen LogP) is 4.34. The van der Waals surface area contributed by atoms with E-state index in [2.05, 4.69) is 55.9 Å². The quantitative estimate of drug-likeness (QED) is 0.0294. The van der Waals surface area contributed by atoms with Gasteiger partial charge in [0.1, 0.15) is 0 Å². The smallest absolute Gasteiger partial charge is 0.287 e. The number of halogens is 2. The number of anilines is 2. The molecule has 0 radical (unpaired) electrons. The number of benzene rings is 2. The topological polar surface area (TPSA) is 226 Å². The van der Waals surface area contributed by atoms with E-state index in [9.17, 15) is 0 Å².